The Morgan fingerprint density at radius 2 is 1.92 bits per heavy atom. The van der Waals surface area contributed by atoms with Crippen molar-refractivity contribution in [2.45, 2.75) is 25.9 Å². The summed E-state index contributed by atoms with van der Waals surface area (Å²) in [5, 5.41) is 17.1. The van der Waals surface area contributed by atoms with E-state index in [0.29, 0.717) is 22.6 Å². The first kappa shape index (κ1) is 17.6. The first-order valence-electron chi connectivity index (χ1n) is 7.80. The lowest BCUT2D eigenvalue weighted by atomic mass is 10.1. The molecule has 8 heteroatoms. The van der Waals surface area contributed by atoms with Gasteiger partial charge in [0.2, 0.25) is 0 Å². The van der Waals surface area contributed by atoms with Gasteiger partial charge >= 0.3 is 6.18 Å². The van der Waals surface area contributed by atoms with E-state index in [-0.39, 0.29) is 11.7 Å². The van der Waals surface area contributed by atoms with Crippen molar-refractivity contribution in [2.75, 3.05) is 0 Å². The quantitative estimate of drug-likeness (QED) is 0.559. The molecule has 5 nitrogen and oxygen atoms in total. The number of fused-ring (bicyclic) bond motifs is 1. The number of nitrogens with zero attached hydrogens (tertiary/aromatic N) is 5. The second-order valence-corrected chi connectivity index (χ2v) is 5.98. The Morgan fingerprint density at radius 1 is 1.15 bits per heavy atom. The molecule has 0 fully saturated rings. The normalized spacial score (nSPS) is 12.2. The molecule has 0 saturated carbocycles. The molecule has 0 N–H and O–H groups in total. The summed E-state index contributed by atoms with van der Waals surface area (Å²) in [6, 6.07) is 10.8. The summed E-state index contributed by atoms with van der Waals surface area (Å²) in [6.07, 6.45) is -3.50. The van der Waals surface area contributed by atoms with E-state index in [0.717, 1.165) is 12.3 Å². The Bertz CT molecular complexity index is 1030. The van der Waals surface area contributed by atoms with Crippen LogP contribution in [0.4, 0.5) is 24.7 Å². The summed E-state index contributed by atoms with van der Waals surface area (Å²) in [5.41, 5.74) is 0.968. The van der Waals surface area contributed by atoms with Gasteiger partial charge in [0.15, 0.2) is 5.82 Å². The van der Waals surface area contributed by atoms with Gasteiger partial charge in [0.25, 0.3) is 0 Å². The Kier molecular flexibility index (Phi) is 4.47. The van der Waals surface area contributed by atoms with Crippen LogP contribution in [0.5, 0.6) is 0 Å². The number of halogens is 3. The number of hydrogen-bond donors (Lipinski definition) is 0. The van der Waals surface area contributed by atoms with Crippen molar-refractivity contribution in [3.8, 4) is 6.07 Å². The monoisotopic (exact) mass is 357 g/mol. The minimum Gasteiger partial charge on any atom is -0.282 e. The number of benzene rings is 1. The fourth-order valence-electron chi connectivity index (χ4n) is 2.45. The lowest BCUT2D eigenvalue weighted by Gasteiger charge is -2.07. The third-order valence-corrected chi connectivity index (χ3v) is 3.73. The molecule has 1 aromatic carbocycles. The lowest BCUT2D eigenvalue weighted by molar-refractivity contribution is -0.137. The van der Waals surface area contributed by atoms with Crippen molar-refractivity contribution >= 4 is 17.2 Å². The van der Waals surface area contributed by atoms with Crippen LogP contribution in [0, 0.1) is 11.3 Å². The van der Waals surface area contributed by atoms with E-state index in [1.807, 2.05) is 19.9 Å². The first-order chi connectivity index (χ1) is 12.3. The highest BCUT2D eigenvalue weighted by molar-refractivity contribution is 5.54. The van der Waals surface area contributed by atoms with E-state index in [4.69, 9.17) is 5.26 Å². The Hall–Kier alpha value is -3.21. The van der Waals surface area contributed by atoms with Crippen molar-refractivity contribution < 1.29 is 13.2 Å². The molecule has 0 unspecified atom stereocenters. The van der Waals surface area contributed by atoms with Crippen LogP contribution in [0.15, 0.2) is 52.8 Å². The van der Waals surface area contributed by atoms with E-state index in [2.05, 4.69) is 15.2 Å². The molecular weight excluding hydrogens is 343 g/mol. The van der Waals surface area contributed by atoms with Gasteiger partial charge in [0.05, 0.1) is 28.6 Å². The highest BCUT2D eigenvalue weighted by Crippen LogP contribution is 2.33. The number of imidazole rings is 1. The van der Waals surface area contributed by atoms with Crippen molar-refractivity contribution in [2.24, 2.45) is 10.2 Å². The maximum Gasteiger partial charge on any atom is 0.417 e. The number of hydrogen-bond acceptors (Lipinski definition) is 4. The Labute approximate surface area is 147 Å². The molecule has 0 aliphatic heterocycles. The summed E-state index contributed by atoms with van der Waals surface area (Å²) in [4.78, 5) is 4.37. The minimum atomic E-state index is -4.47. The average molecular weight is 357 g/mol. The standard InChI is InChI=1S/C18H14F3N5/c1-11(2)16-17(25-24-14-5-3-4-12(8-14)9-22)26-10-13(18(19,20)21)6-7-15(26)23-16/h3-8,10-11H,1-2H3. The molecule has 0 amide bonds. The van der Waals surface area contributed by atoms with Gasteiger partial charge in [-0.15, -0.1) is 10.2 Å². The molecule has 0 aliphatic carbocycles. The number of aromatic nitrogens is 2. The topological polar surface area (TPSA) is 65.8 Å². The average Bonchev–Trinajstić information content (AvgIpc) is 2.97. The second-order valence-electron chi connectivity index (χ2n) is 5.98. The Morgan fingerprint density at radius 3 is 2.58 bits per heavy atom. The zero-order valence-corrected chi connectivity index (χ0v) is 14.0. The number of rotatable bonds is 3. The molecule has 0 bridgehead atoms. The van der Waals surface area contributed by atoms with Gasteiger partial charge in [-0.1, -0.05) is 19.9 Å². The third-order valence-electron chi connectivity index (χ3n) is 3.73. The van der Waals surface area contributed by atoms with Gasteiger partial charge in [-0.2, -0.15) is 18.4 Å². The van der Waals surface area contributed by atoms with E-state index in [9.17, 15) is 13.2 Å². The van der Waals surface area contributed by atoms with E-state index >= 15 is 0 Å². The van der Waals surface area contributed by atoms with Gasteiger partial charge in [-0.05, 0) is 36.2 Å². The van der Waals surface area contributed by atoms with E-state index in [1.54, 1.807) is 24.3 Å². The van der Waals surface area contributed by atoms with E-state index in [1.165, 1.54) is 10.5 Å². The largest absolute Gasteiger partial charge is 0.417 e. The molecule has 0 radical (unpaired) electrons. The fraction of sp³-hybridized carbons (Fsp3) is 0.222. The van der Waals surface area contributed by atoms with Gasteiger partial charge < -0.3 is 0 Å². The van der Waals surface area contributed by atoms with Crippen molar-refractivity contribution in [3.05, 3.63) is 59.4 Å². The van der Waals surface area contributed by atoms with Crippen LogP contribution in [0.25, 0.3) is 5.65 Å². The van der Waals surface area contributed by atoms with Gasteiger partial charge in [-0.3, -0.25) is 4.40 Å². The van der Waals surface area contributed by atoms with Crippen LogP contribution in [0.1, 0.15) is 36.6 Å². The number of nitriles is 1. The summed E-state index contributed by atoms with van der Waals surface area (Å²) >= 11 is 0. The molecule has 0 aliphatic rings. The highest BCUT2D eigenvalue weighted by Gasteiger charge is 2.31. The predicted octanol–water partition coefficient (Wildman–Crippen LogP) is 5.76. The van der Waals surface area contributed by atoms with Crippen LogP contribution in [0.2, 0.25) is 0 Å². The van der Waals surface area contributed by atoms with E-state index < -0.39 is 11.7 Å². The SMILES string of the molecule is CC(C)c1nc2ccc(C(F)(F)F)cn2c1N=Nc1cccc(C#N)c1. The van der Waals surface area contributed by atoms with Crippen LogP contribution in [0.3, 0.4) is 0 Å². The molecule has 132 valence electrons. The Balaban J connectivity index is 2.14. The molecule has 0 saturated heterocycles. The maximum atomic E-state index is 13.0. The molecule has 3 rings (SSSR count). The molecule has 0 spiro atoms. The maximum absolute atomic E-state index is 13.0. The van der Waals surface area contributed by atoms with Crippen LogP contribution >= 0.6 is 0 Å². The van der Waals surface area contributed by atoms with Crippen molar-refractivity contribution in [1.29, 1.82) is 5.26 Å². The minimum absolute atomic E-state index is 0.0522. The number of pyridine rings is 1. The molecule has 2 heterocycles. The smallest absolute Gasteiger partial charge is 0.282 e. The van der Waals surface area contributed by atoms with Crippen LogP contribution in [-0.4, -0.2) is 9.38 Å². The summed E-state index contributed by atoms with van der Waals surface area (Å²) < 4.78 is 40.4. The number of alkyl halides is 3. The zero-order valence-electron chi connectivity index (χ0n) is 14.0. The van der Waals surface area contributed by atoms with Crippen molar-refractivity contribution in [3.63, 3.8) is 0 Å². The fourth-order valence-corrected chi connectivity index (χ4v) is 2.45. The second kappa shape index (κ2) is 6.59. The van der Waals surface area contributed by atoms with Gasteiger partial charge in [0.1, 0.15) is 5.65 Å². The first-order valence-corrected chi connectivity index (χ1v) is 7.80. The molecule has 26 heavy (non-hydrogen) atoms. The molecule has 0 atom stereocenters. The lowest BCUT2D eigenvalue weighted by Crippen LogP contribution is -2.06. The number of azo groups is 1. The molecular formula is C18H14F3N5. The van der Waals surface area contributed by atoms with Crippen LogP contribution in [-0.2, 0) is 6.18 Å². The molecule has 2 aromatic heterocycles. The van der Waals surface area contributed by atoms with Gasteiger partial charge in [-0.25, -0.2) is 4.98 Å². The highest BCUT2D eigenvalue weighted by atomic mass is 19.4. The van der Waals surface area contributed by atoms with Gasteiger partial charge in [0, 0.05) is 6.20 Å². The third kappa shape index (κ3) is 3.42. The summed E-state index contributed by atoms with van der Waals surface area (Å²) in [5.74, 6) is 0.187. The summed E-state index contributed by atoms with van der Waals surface area (Å²) in [6.45, 7) is 3.75. The predicted molar refractivity (Wildman–Crippen MR) is 89.6 cm³/mol. The zero-order chi connectivity index (χ0) is 18.9. The summed E-state index contributed by atoms with van der Waals surface area (Å²) in [7, 11) is 0. The van der Waals surface area contributed by atoms with Crippen LogP contribution < -0.4 is 0 Å². The van der Waals surface area contributed by atoms with Crippen molar-refractivity contribution in [1.82, 2.24) is 9.38 Å². The molecule has 3 aromatic rings.